The van der Waals surface area contributed by atoms with E-state index in [1.54, 1.807) is 13.3 Å². The quantitative estimate of drug-likeness (QED) is 0.667. The lowest BCUT2D eigenvalue weighted by atomic mass is 10.3. The van der Waals surface area contributed by atoms with Gasteiger partial charge in [-0.3, -0.25) is 9.36 Å². The van der Waals surface area contributed by atoms with Gasteiger partial charge in [0.05, 0.1) is 12.9 Å². The van der Waals surface area contributed by atoms with Crippen LogP contribution in [0.3, 0.4) is 0 Å². The Morgan fingerprint density at radius 2 is 2.04 bits per heavy atom. The maximum Gasteiger partial charge on any atom is 0.236 e. The van der Waals surface area contributed by atoms with Crippen LogP contribution in [0.4, 0.5) is 5.13 Å². The zero-order valence-corrected chi connectivity index (χ0v) is 15.6. The average Bonchev–Trinajstić information content (AvgIpc) is 3.18. The highest BCUT2D eigenvalue weighted by atomic mass is 32.2. The fourth-order valence-corrected chi connectivity index (χ4v) is 3.64. The summed E-state index contributed by atoms with van der Waals surface area (Å²) in [6.07, 6.45) is 1.73. The number of nitrogens with one attached hydrogen (secondary N) is 1. The van der Waals surface area contributed by atoms with Crippen LogP contribution in [-0.2, 0) is 4.79 Å². The van der Waals surface area contributed by atoms with Crippen molar-refractivity contribution in [3.05, 3.63) is 41.2 Å². The van der Waals surface area contributed by atoms with Crippen LogP contribution < -0.4 is 10.1 Å². The number of carbonyl (C=O) groups excluding carboxylic acids is 1. The van der Waals surface area contributed by atoms with Gasteiger partial charge in [0.25, 0.3) is 0 Å². The molecule has 0 fully saturated rings. The first-order valence-electron chi connectivity index (χ1n) is 7.48. The number of amides is 1. The van der Waals surface area contributed by atoms with Crippen LogP contribution in [0.2, 0.25) is 0 Å². The summed E-state index contributed by atoms with van der Waals surface area (Å²) in [6, 6.07) is 7.61. The number of aryl methyl sites for hydroxylation is 2. The number of rotatable bonds is 6. The van der Waals surface area contributed by atoms with Crippen molar-refractivity contribution in [2.24, 2.45) is 0 Å². The SMILES string of the molecule is COc1ccc(-n2c(C)nnc2SCC(=O)Nc2ncc(C)s2)cc1. The number of thioether (sulfide) groups is 1. The molecule has 0 aliphatic rings. The Kier molecular flexibility index (Phi) is 5.34. The Morgan fingerprint density at radius 1 is 1.28 bits per heavy atom. The van der Waals surface area contributed by atoms with E-state index in [2.05, 4.69) is 20.5 Å². The van der Waals surface area contributed by atoms with Crippen molar-refractivity contribution >= 4 is 34.1 Å². The minimum Gasteiger partial charge on any atom is -0.497 e. The van der Waals surface area contributed by atoms with Gasteiger partial charge in [-0.05, 0) is 38.1 Å². The highest BCUT2D eigenvalue weighted by Crippen LogP contribution is 2.24. The third-order valence-electron chi connectivity index (χ3n) is 3.33. The molecule has 1 amide bonds. The van der Waals surface area contributed by atoms with Gasteiger partial charge < -0.3 is 10.1 Å². The Morgan fingerprint density at radius 3 is 2.68 bits per heavy atom. The second-order valence-electron chi connectivity index (χ2n) is 5.18. The van der Waals surface area contributed by atoms with Crippen molar-refractivity contribution < 1.29 is 9.53 Å². The van der Waals surface area contributed by atoms with E-state index < -0.39 is 0 Å². The minimum atomic E-state index is -0.124. The molecule has 0 atom stereocenters. The average molecular weight is 375 g/mol. The molecule has 7 nitrogen and oxygen atoms in total. The molecule has 130 valence electrons. The molecule has 0 saturated heterocycles. The van der Waals surface area contributed by atoms with Gasteiger partial charge in [-0.25, -0.2) is 4.98 Å². The molecule has 0 aliphatic carbocycles. The smallest absolute Gasteiger partial charge is 0.236 e. The lowest BCUT2D eigenvalue weighted by molar-refractivity contribution is -0.113. The highest BCUT2D eigenvalue weighted by Gasteiger charge is 2.14. The third kappa shape index (κ3) is 4.18. The summed E-state index contributed by atoms with van der Waals surface area (Å²) in [5.41, 5.74) is 0.918. The molecule has 1 aromatic carbocycles. The maximum atomic E-state index is 12.1. The standard InChI is InChI=1S/C16H17N5O2S2/c1-10-8-17-15(25-10)18-14(22)9-24-16-20-19-11(2)21(16)12-4-6-13(23-3)7-5-12/h4-8H,9H2,1-3H3,(H,17,18,22). The second kappa shape index (κ2) is 7.66. The minimum absolute atomic E-state index is 0.124. The molecule has 25 heavy (non-hydrogen) atoms. The van der Waals surface area contributed by atoms with Gasteiger partial charge in [-0.2, -0.15) is 0 Å². The monoisotopic (exact) mass is 375 g/mol. The molecule has 2 aromatic heterocycles. The molecule has 0 radical (unpaired) electrons. The molecule has 3 rings (SSSR count). The zero-order valence-electron chi connectivity index (χ0n) is 14.0. The van der Waals surface area contributed by atoms with Crippen LogP contribution in [0, 0.1) is 13.8 Å². The van der Waals surface area contributed by atoms with E-state index in [1.165, 1.54) is 23.1 Å². The summed E-state index contributed by atoms with van der Waals surface area (Å²) >= 11 is 2.78. The fraction of sp³-hybridized carbons (Fsp3) is 0.250. The number of hydrogen-bond acceptors (Lipinski definition) is 7. The Hall–Kier alpha value is -2.39. The predicted octanol–water partition coefficient (Wildman–Crippen LogP) is 3.08. The summed E-state index contributed by atoms with van der Waals surface area (Å²) in [5.74, 6) is 1.64. The van der Waals surface area contributed by atoms with Crippen LogP contribution in [0.25, 0.3) is 5.69 Å². The first-order valence-corrected chi connectivity index (χ1v) is 9.28. The number of anilines is 1. The molecule has 2 heterocycles. The number of methoxy groups -OCH3 is 1. The fourth-order valence-electron chi connectivity index (χ4n) is 2.16. The summed E-state index contributed by atoms with van der Waals surface area (Å²) < 4.78 is 7.09. The first kappa shape index (κ1) is 17.4. The second-order valence-corrected chi connectivity index (χ2v) is 7.35. The van der Waals surface area contributed by atoms with E-state index in [0.717, 1.165) is 22.1 Å². The van der Waals surface area contributed by atoms with Crippen LogP contribution in [0.5, 0.6) is 5.75 Å². The van der Waals surface area contributed by atoms with Crippen molar-refractivity contribution in [2.75, 3.05) is 18.2 Å². The van der Waals surface area contributed by atoms with Crippen molar-refractivity contribution in [1.29, 1.82) is 0 Å². The van der Waals surface area contributed by atoms with E-state index in [0.29, 0.717) is 10.3 Å². The Labute approximate surface area is 153 Å². The number of benzene rings is 1. The summed E-state index contributed by atoms with van der Waals surface area (Å²) in [4.78, 5) is 17.3. The van der Waals surface area contributed by atoms with Crippen LogP contribution >= 0.6 is 23.1 Å². The van der Waals surface area contributed by atoms with Crippen LogP contribution in [0.15, 0.2) is 35.6 Å². The summed E-state index contributed by atoms with van der Waals surface area (Å²) in [7, 11) is 1.63. The van der Waals surface area contributed by atoms with Gasteiger partial charge in [-0.15, -0.1) is 21.5 Å². The molecule has 0 unspecified atom stereocenters. The molecule has 9 heteroatoms. The van der Waals surface area contributed by atoms with Gasteiger partial charge >= 0.3 is 0 Å². The lowest BCUT2D eigenvalue weighted by Crippen LogP contribution is -2.14. The van der Waals surface area contributed by atoms with E-state index in [-0.39, 0.29) is 11.7 Å². The van der Waals surface area contributed by atoms with Gasteiger partial charge in [0.1, 0.15) is 11.6 Å². The van der Waals surface area contributed by atoms with Gasteiger partial charge in [0, 0.05) is 16.8 Å². The number of carbonyl (C=O) groups is 1. The van der Waals surface area contributed by atoms with Crippen LogP contribution in [-0.4, -0.2) is 38.5 Å². The van der Waals surface area contributed by atoms with Crippen LogP contribution in [0.1, 0.15) is 10.7 Å². The first-order chi connectivity index (χ1) is 12.1. The van der Waals surface area contributed by atoms with E-state index in [4.69, 9.17) is 4.74 Å². The zero-order chi connectivity index (χ0) is 17.8. The molecular weight excluding hydrogens is 358 g/mol. The summed E-state index contributed by atoms with van der Waals surface area (Å²) in [5, 5.41) is 12.3. The van der Waals surface area contributed by atoms with E-state index in [9.17, 15) is 4.79 Å². The molecule has 3 aromatic rings. The van der Waals surface area contributed by atoms with Crippen molar-refractivity contribution in [3.63, 3.8) is 0 Å². The number of hydrogen-bond donors (Lipinski definition) is 1. The van der Waals surface area contributed by atoms with Gasteiger partial charge in [0.15, 0.2) is 10.3 Å². The molecular formula is C16H17N5O2S2. The van der Waals surface area contributed by atoms with Crippen molar-refractivity contribution in [2.45, 2.75) is 19.0 Å². The van der Waals surface area contributed by atoms with Gasteiger partial charge in [0.2, 0.25) is 5.91 Å². The van der Waals surface area contributed by atoms with E-state index in [1.807, 2.05) is 42.7 Å². The molecule has 1 N–H and O–H groups in total. The highest BCUT2D eigenvalue weighted by molar-refractivity contribution is 7.99. The maximum absolute atomic E-state index is 12.1. The third-order valence-corrected chi connectivity index (χ3v) is 5.08. The topological polar surface area (TPSA) is 81.9 Å². The number of aromatic nitrogens is 4. The normalized spacial score (nSPS) is 10.7. The lowest BCUT2D eigenvalue weighted by Gasteiger charge is -2.09. The van der Waals surface area contributed by atoms with Crippen molar-refractivity contribution in [3.8, 4) is 11.4 Å². The summed E-state index contributed by atoms with van der Waals surface area (Å²) in [6.45, 7) is 3.82. The largest absolute Gasteiger partial charge is 0.497 e. The van der Waals surface area contributed by atoms with Crippen molar-refractivity contribution in [1.82, 2.24) is 19.7 Å². The Balaban J connectivity index is 1.69. The number of nitrogens with zero attached hydrogens (tertiary/aromatic N) is 4. The predicted molar refractivity (Wildman–Crippen MR) is 98.9 cm³/mol. The molecule has 0 bridgehead atoms. The number of thiazole rings is 1. The molecule has 0 aliphatic heterocycles. The van der Waals surface area contributed by atoms with Gasteiger partial charge in [-0.1, -0.05) is 11.8 Å². The Bertz CT molecular complexity index is 873. The van der Waals surface area contributed by atoms with E-state index >= 15 is 0 Å². The molecule has 0 spiro atoms. The number of ether oxygens (including phenoxy) is 1. The molecule has 0 saturated carbocycles.